The molecule has 2 aromatic carbocycles. The van der Waals surface area contributed by atoms with Crippen molar-refractivity contribution in [1.29, 1.82) is 0 Å². The lowest BCUT2D eigenvalue weighted by Gasteiger charge is -2.16. The molecule has 2 aromatic rings. The molecule has 1 aliphatic heterocycles. The van der Waals surface area contributed by atoms with Gasteiger partial charge in [0.15, 0.2) is 0 Å². The first-order valence-corrected chi connectivity index (χ1v) is 9.12. The van der Waals surface area contributed by atoms with Gasteiger partial charge in [-0.2, -0.15) is 0 Å². The van der Waals surface area contributed by atoms with Gasteiger partial charge < -0.3 is 10.0 Å². The molecular formula is C17H16N2O5S. The zero-order valence-corrected chi connectivity index (χ0v) is 14.0. The van der Waals surface area contributed by atoms with Gasteiger partial charge in [0.1, 0.15) is 0 Å². The smallest absolute Gasteiger partial charge is 0.335 e. The zero-order chi connectivity index (χ0) is 18.0. The summed E-state index contributed by atoms with van der Waals surface area (Å²) < 4.78 is 27.1. The minimum Gasteiger partial charge on any atom is -0.478 e. The van der Waals surface area contributed by atoms with E-state index in [1.54, 1.807) is 29.2 Å². The first-order chi connectivity index (χ1) is 11.9. The van der Waals surface area contributed by atoms with Crippen molar-refractivity contribution in [2.45, 2.75) is 17.7 Å². The van der Waals surface area contributed by atoms with Crippen molar-refractivity contribution < 1.29 is 23.1 Å². The molecule has 1 amide bonds. The monoisotopic (exact) mass is 360 g/mol. The summed E-state index contributed by atoms with van der Waals surface area (Å²) in [5, 5.41) is 8.86. The molecule has 0 unspecified atom stereocenters. The van der Waals surface area contributed by atoms with E-state index in [1.807, 2.05) is 0 Å². The number of aromatic carboxylic acids is 1. The third kappa shape index (κ3) is 3.63. The number of carboxylic acid groups (broad SMARTS) is 1. The van der Waals surface area contributed by atoms with Crippen LogP contribution in [0.15, 0.2) is 53.4 Å². The lowest BCUT2D eigenvalue weighted by atomic mass is 10.2. The Morgan fingerprint density at radius 1 is 1.04 bits per heavy atom. The molecule has 3 rings (SSSR count). The molecule has 8 heteroatoms. The number of anilines is 2. The fourth-order valence-corrected chi connectivity index (χ4v) is 3.68. The van der Waals surface area contributed by atoms with Crippen LogP contribution in [0.5, 0.6) is 0 Å². The molecule has 0 radical (unpaired) electrons. The van der Waals surface area contributed by atoms with Crippen LogP contribution >= 0.6 is 0 Å². The summed E-state index contributed by atoms with van der Waals surface area (Å²) in [6.07, 6.45) is 1.35. The van der Waals surface area contributed by atoms with E-state index < -0.39 is 16.0 Å². The van der Waals surface area contributed by atoms with Crippen LogP contribution in [0.1, 0.15) is 23.2 Å². The van der Waals surface area contributed by atoms with Gasteiger partial charge in [0.05, 0.1) is 10.5 Å². The number of carbonyl (C=O) groups excluding carboxylic acids is 1. The summed E-state index contributed by atoms with van der Waals surface area (Å²) in [5.74, 6) is -1.06. The third-order valence-electron chi connectivity index (χ3n) is 3.92. The Labute approximate surface area is 144 Å². The molecule has 0 saturated carbocycles. The van der Waals surface area contributed by atoms with Crippen molar-refractivity contribution in [3.8, 4) is 0 Å². The van der Waals surface area contributed by atoms with Gasteiger partial charge in [-0.25, -0.2) is 13.2 Å². The van der Waals surface area contributed by atoms with Crippen LogP contribution in [-0.4, -0.2) is 31.9 Å². The lowest BCUT2D eigenvalue weighted by molar-refractivity contribution is -0.117. The summed E-state index contributed by atoms with van der Waals surface area (Å²) >= 11 is 0. The van der Waals surface area contributed by atoms with E-state index in [-0.39, 0.29) is 16.4 Å². The molecule has 1 aliphatic rings. The first-order valence-electron chi connectivity index (χ1n) is 7.63. The molecule has 0 spiro atoms. The topological polar surface area (TPSA) is 104 Å². The predicted molar refractivity (Wildman–Crippen MR) is 92.2 cm³/mol. The van der Waals surface area contributed by atoms with Gasteiger partial charge in [-0.05, 0) is 55.0 Å². The Morgan fingerprint density at radius 2 is 1.68 bits per heavy atom. The van der Waals surface area contributed by atoms with Gasteiger partial charge in [0.25, 0.3) is 10.0 Å². The maximum absolute atomic E-state index is 12.4. The van der Waals surface area contributed by atoms with Crippen molar-refractivity contribution in [2.75, 3.05) is 16.2 Å². The second kappa shape index (κ2) is 6.56. The molecule has 1 heterocycles. The third-order valence-corrected chi connectivity index (χ3v) is 5.31. The Morgan fingerprint density at radius 3 is 2.20 bits per heavy atom. The lowest BCUT2D eigenvalue weighted by Crippen LogP contribution is -2.23. The number of carboxylic acids is 1. The van der Waals surface area contributed by atoms with Gasteiger partial charge in [-0.1, -0.05) is 0 Å². The zero-order valence-electron chi connectivity index (χ0n) is 13.2. The van der Waals surface area contributed by atoms with Crippen molar-refractivity contribution >= 4 is 33.3 Å². The molecule has 130 valence electrons. The summed E-state index contributed by atoms with van der Waals surface area (Å²) in [7, 11) is -3.82. The van der Waals surface area contributed by atoms with Crippen LogP contribution < -0.4 is 9.62 Å². The van der Waals surface area contributed by atoms with Gasteiger partial charge in [-0.15, -0.1) is 0 Å². The van der Waals surface area contributed by atoms with E-state index >= 15 is 0 Å². The highest BCUT2D eigenvalue weighted by atomic mass is 32.2. The molecule has 7 nitrogen and oxygen atoms in total. The summed E-state index contributed by atoms with van der Waals surface area (Å²) in [4.78, 5) is 24.2. The number of benzene rings is 2. The van der Waals surface area contributed by atoms with Crippen LogP contribution in [0.2, 0.25) is 0 Å². The van der Waals surface area contributed by atoms with Crippen LogP contribution in [0.25, 0.3) is 0 Å². The molecular weight excluding hydrogens is 344 g/mol. The number of nitrogens with one attached hydrogen (secondary N) is 1. The van der Waals surface area contributed by atoms with E-state index in [0.29, 0.717) is 18.7 Å². The van der Waals surface area contributed by atoms with E-state index in [4.69, 9.17) is 5.11 Å². The van der Waals surface area contributed by atoms with Crippen LogP contribution in [0, 0.1) is 0 Å². The Bertz CT molecular complexity index is 905. The van der Waals surface area contributed by atoms with Crippen molar-refractivity contribution in [1.82, 2.24) is 0 Å². The highest BCUT2D eigenvalue weighted by Gasteiger charge is 2.21. The molecule has 25 heavy (non-hydrogen) atoms. The minimum absolute atomic E-state index is 0.0126. The van der Waals surface area contributed by atoms with Crippen LogP contribution in [0.4, 0.5) is 11.4 Å². The summed E-state index contributed by atoms with van der Waals surface area (Å²) in [6.45, 7) is 0.667. The molecule has 0 aliphatic carbocycles. The highest BCUT2D eigenvalue weighted by Crippen LogP contribution is 2.24. The van der Waals surface area contributed by atoms with Crippen molar-refractivity contribution in [3.63, 3.8) is 0 Å². The van der Waals surface area contributed by atoms with Gasteiger partial charge in [0, 0.05) is 24.3 Å². The van der Waals surface area contributed by atoms with Gasteiger partial charge in [0.2, 0.25) is 5.91 Å². The second-order valence-electron chi connectivity index (χ2n) is 5.63. The van der Waals surface area contributed by atoms with Gasteiger partial charge >= 0.3 is 5.97 Å². The maximum Gasteiger partial charge on any atom is 0.335 e. The quantitative estimate of drug-likeness (QED) is 0.851. The first kappa shape index (κ1) is 17.0. The van der Waals surface area contributed by atoms with E-state index in [1.165, 1.54) is 24.3 Å². The Hall–Kier alpha value is -2.87. The Kier molecular flexibility index (Phi) is 4.45. The fourth-order valence-electron chi connectivity index (χ4n) is 2.62. The number of hydrogen-bond acceptors (Lipinski definition) is 4. The number of sulfonamides is 1. The summed E-state index contributed by atoms with van der Waals surface area (Å²) in [6, 6.07) is 11.5. The molecule has 2 N–H and O–H groups in total. The van der Waals surface area contributed by atoms with E-state index in [0.717, 1.165) is 12.1 Å². The van der Waals surface area contributed by atoms with Crippen molar-refractivity contribution in [2.24, 2.45) is 0 Å². The highest BCUT2D eigenvalue weighted by molar-refractivity contribution is 7.92. The number of nitrogens with zero attached hydrogens (tertiary/aromatic N) is 1. The standard InChI is InChI=1S/C17H16N2O5S/c20-16-2-1-11-19(16)14-7-5-13(6-8-14)18-25(23,24)15-9-3-12(4-10-15)17(21)22/h3-10,18H,1-2,11H2,(H,21,22). The number of rotatable bonds is 5. The van der Waals surface area contributed by atoms with E-state index in [9.17, 15) is 18.0 Å². The number of hydrogen-bond donors (Lipinski definition) is 2. The molecule has 0 bridgehead atoms. The van der Waals surface area contributed by atoms with Crippen LogP contribution in [0.3, 0.4) is 0 Å². The van der Waals surface area contributed by atoms with Crippen molar-refractivity contribution in [3.05, 3.63) is 54.1 Å². The number of amides is 1. The molecule has 0 atom stereocenters. The van der Waals surface area contributed by atoms with Crippen LogP contribution in [-0.2, 0) is 14.8 Å². The predicted octanol–water partition coefficient (Wildman–Crippen LogP) is 2.31. The summed E-state index contributed by atoms with van der Waals surface area (Å²) in [5.41, 5.74) is 1.10. The molecule has 1 saturated heterocycles. The van der Waals surface area contributed by atoms with Gasteiger partial charge in [-0.3, -0.25) is 9.52 Å². The fraction of sp³-hybridized carbons (Fsp3) is 0.176. The molecule has 1 fully saturated rings. The normalized spacial score (nSPS) is 14.6. The average Bonchev–Trinajstić information content (AvgIpc) is 3.01. The number of carbonyl (C=O) groups is 2. The minimum atomic E-state index is -3.82. The van der Waals surface area contributed by atoms with E-state index in [2.05, 4.69) is 4.72 Å². The maximum atomic E-state index is 12.4. The SMILES string of the molecule is O=C(O)c1ccc(S(=O)(=O)Nc2ccc(N3CCCC3=O)cc2)cc1. The Balaban J connectivity index is 1.76. The second-order valence-corrected chi connectivity index (χ2v) is 7.31. The average molecular weight is 360 g/mol. The largest absolute Gasteiger partial charge is 0.478 e. The molecule has 0 aromatic heterocycles.